The van der Waals surface area contributed by atoms with Crippen LogP contribution in [0, 0.1) is 0 Å². The lowest BCUT2D eigenvalue weighted by Gasteiger charge is -2.27. The first-order chi connectivity index (χ1) is 7.17. The molecule has 1 aromatic rings. The standard InChI is InChI=1S/C11H17N.C3H8/c1-4-12(10(2)3)11-8-6-5-7-9-11;1-3-2/h5-10H,4H2,1-3H3;3H2,1-2H3. The van der Waals surface area contributed by atoms with Crippen LogP contribution in [-0.2, 0) is 0 Å². The Hall–Kier alpha value is -0.980. The fourth-order valence-electron chi connectivity index (χ4n) is 1.47. The summed E-state index contributed by atoms with van der Waals surface area (Å²) in [5.74, 6) is 0. The van der Waals surface area contributed by atoms with E-state index in [0.29, 0.717) is 6.04 Å². The SMILES string of the molecule is CCC.CCN(c1ccccc1)C(C)C. The lowest BCUT2D eigenvalue weighted by Crippen LogP contribution is -2.30. The summed E-state index contributed by atoms with van der Waals surface area (Å²) in [5.41, 5.74) is 1.31. The Morgan fingerprint density at radius 1 is 1.00 bits per heavy atom. The zero-order chi connectivity index (χ0) is 11.7. The molecule has 1 heteroatoms. The minimum atomic E-state index is 0.581. The topological polar surface area (TPSA) is 3.24 Å². The predicted molar refractivity (Wildman–Crippen MR) is 70.6 cm³/mol. The van der Waals surface area contributed by atoms with Gasteiger partial charge in [-0.05, 0) is 32.9 Å². The minimum Gasteiger partial charge on any atom is -0.369 e. The highest BCUT2D eigenvalue weighted by atomic mass is 15.1. The summed E-state index contributed by atoms with van der Waals surface area (Å²) >= 11 is 0. The Balaban J connectivity index is 0.000000583. The molecule has 86 valence electrons. The normalized spacial score (nSPS) is 9.47. The number of hydrogen-bond donors (Lipinski definition) is 0. The lowest BCUT2D eigenvalue weighted by atomic mass is 10.2. The van der Waals surface area contributed by atoms with Gasteiger partial charge in [-0.1, -0.05) is 38.5 Å². The van der Waals surface area contributed by atoms with E-state index in [1.807, 2.05) is 0 Å². The van der Waals surface area contributed by atoms with Crippen LogP contribution in [0.5, 0.6) is 0 Å². The molecule has 0 aromatic heterocycles. The van der Waals surface area contributed by atoms with E-state index in [2.05, 4.69) is 69.9 Å². The highest BCUT2D eigenvalue weighted by molar-refractivity contribution is 5.46. The van der Waals surface area contributed by atoms with Gasteiger partial charge in [0.2, 0.25) is 0 Å². The van der Waals surface area contributed by atoms with E-state index in [-0.39, 0.29) is 0 Å². The van der Waals surface area contributed by atoms with Crippen LogP contribution in [0.4, 0.5) is 5.69 Å². The van der Waals surface area contributed by atoms with E-state index in [4.69, 9.17) is 0 Å². The second-order valence-corrected chi connectivity index (χ2v) is 3.92. The van der Waals surface area contributed by atoms with E-state index in [9.17, 15) is 0 Å². The molecular formula is C14H25N. The molecule has 0 aliphatic carbocycles. The smallest absolute Gasteiger partial charge is 0.0368 e. The van der Waals surface area contributed by atoms with Crippen LogP contribution >= 0.6 is 0 Å². The molecule has 0 saturated carbocycles. The Labute approximate surface area is 95.1 Å². The first-order valence-corrected chi connectivity index (χ1v) is 5.98. The van der Waals surface area contributed by atoms with Crippen molar-refractivity contribution in [3.63, 3.8) is 0 Å². The molecule has 0 unspecified atom stereocenters. The maximum atomic E-state index is 2.38. The van der Waals surface area contributed by atoms with Crippen LogP contribution in [0.15, 0.2) is 30.3 Å². The van der Waals surface area contributed by atoms with Gasteiger partial charge in [0.15, 0.2) is 0 Å². The highest BCUT2D eigenvalue weighted by Gasteiger charge is 2.05. The van der Waals surface area contributed by atoms with Gasteiger partial charge in [0.05, 0.1) is 0 Å². The molecule has 0 saturated heterocycles. The van der Waals surface area contributed by atoms with Crippen molar-refractivity contribution in [2.24, 2.45) is 0 Å². The molecule has 0 radical (unpaired) electrons. The molecule has 1 nitrogen and oxygen atoms in total. The Morgan fingerprint density at radius 2 is 1.47 bits per heavy atom. The van der Waals surface area contributed by atoms with Crippen molar-refractivity contribution in [2.45, 2.75) is 47.1 Å². The van der Waals surface area contributed by atoms with Crippen molar-refractivity contribution < 1.29 is 0 Å². The maximum absolute atomic E-state index is 2.38. The summed E-state index contributed by atoms with van der Waals surface area (Å²) in [5, 5.41) is 0. The quantitative estimate of drug-likeness (QED) is 0.712. The van der Waals surface area contributed by atoms with Crippen molar-refractivity contribution in [1.82, 2.24) is 0 Å². The van der Waals surface area contributed by atoms with Crippen LogP contribution in [0.1, 0.15) is 41.0 Å². The van der Waals surface area contributed by atoms with Crippen LogP contribution in [0.3, 0.4) is 0 Å². The van der Waals surface area contributed by atoms with Crippen molar-refractivity contribution >= 4 is 5.69 Å². The lowest BCUT2D eigenvalue weighted by molar-refractivity contribution is 0.704. The molecule has 0 heterocycles. The molecule has 0 atom stereocenters. The van der Waals surface area contributed by atoms with Crippen LogP contribution in [0.2, 0.25) is 0 Å². The average molecular weight is 207 g/mol. The number of para-hydroxylation sites is 1. The van der Waals surface area contributed by atoms with Gasteiger partial charge in [0, 0.05) is 18.3 Å². The number of benzene rings is 1. The van der Waals surface area contributed by atoms with Crippen LogP contribution in [-0.4, -0.2) is 12.6 Å². The highest BCUT2D eigenvalue weighted by Crippen LogP contribution is 2.15. The van der Waals surface area contributed by atoms with Gasteiger partial charge in [-0.2, -0.15) is 0 Å². The number of rotatable bonds is 3. The molecule has 0 aliphatic heterocycles. The molecule has 0 aliphatic rings. The molecule has 0 N–H and O–H groups in total. The Morgan fingerprint density at radius 3 is 1.80 bits per heavy atom. The first kappa shape index (κ1) is 14.0. The van der Waals surface area contributed by atoms with Gasteiger partial charge in [-0.25, -0.2) is 0 Å². The molecule has 0 spiro atoms. The second-order valence-electron chi connectivity index (χ2n) is 3.92. The number of nitrogens with zero attached hydrogens (tertiary/aromatic N) is 1. The van der Waals surface area contributed by atoms with Crippen molar-refractivity contribution in [1.29, 1.82) is 0 Å². The Kier molecular flexibility index (Phi) is 7.79. The van der Waals surface area contributed by atoms with Gasteiger partial charge >= 0.3 is 0 Å². The van der Waals surface area contributed by atoms with Gasteiger partial charge < -0.3 is 4.90 Å². The largest absolute Gasteiger partial charge is 0.369 e. The summed E-state index contributed by atoms with van der Waals surface area (Å²) in [6, 6.07) is 11.1. The molecule has 0 fully saturated rings. The average Bonchev–Trinajstić information content (AvgIpc) is 2.21. The van der Waals surface area contributed by atoms with E-state index < -0.39 is 0 Å². The molecule has 0 amide bonds. The van der Waals surface area contributed by atoms with Crippen molar-refractivity contribution in [3.8, 4) is 0 Å². The molecule has 1 rings (SSSR count). The third kappa shape index (κ3) is 5.46. The second kappa shape index (κ2) is 8.34. The van der Waals surface area contributed by atoms with Gasteiger partial charge in [0.1, 0.15) is 0 Å². The third-order valence-corrected chi connectivity index (χ3v) is 2.05. The van der Waals surface area contributed by atoms with E-state index >= 15 is 0 Å². The Bertz CT molecular complexity index is 228. The zero-order valence-corrected chi connectivity index (χ0v) is 10.8. The summed E-state index contributed by atoms with van der Waals surface area (Å²) in [4.78, 5) is 2.38. The molecular weight excluding hydrogens is 182 g/mol. The molecule has 15 heavy (non-hydrogen) atoms. The van der Waals surface area contributed by atoms with E-state index in [1.54, 1.807) is 0 Å². The predicted octanol–water partition coefficient (Wildman–Crippen LogP) is 4.34. The van der Waals surface area contributed by atoms with Gasteiger partial charge in [0.25, 0.3) is 0 Å². The summed E-state index contributed by atoms with van der Waals surface area (Å²) in [7, 11) is 0. The monoisotopic (exact) mass is 207 g/mol. The number of hydrogen-bond acceptors (Lipinski definition) is 1. The fraction of sp³-hybridized carbons (Fsp3) is 0.571. The zero-order valence-electron chi connectivity index (χ0n) is 10.8. The first-order valence-electron chi connectivity index (χ1n) is 5.98. The third-order valence-electron chi connectivity index (χ3n) is 2.05. The summed E-state index contributed by atoms with van der Waals surface area (Å²) in [6.45, 7) is 11.9. The maximum Gasteiger partial charge on any atom is 0.0368 e. The van der Waals surface area contributed by atoms with E-state index in [1.165, 1.54) is 12.1 Å². The minimum absolute atomic E-state index is 0.581. The van der Waals surface area contributed by atoms with E-state index in [0.717, 1.165) is 6.54 Å². The van der Waals surface area contributed by atoms with Gasteiger partial charge in [-0.15, -0.1) is 0 Å². The fourth-order valence-corrected chi connectivity index (χ4v) is 1.47. The molecule has 1 aromatic carbocycles. The summed E-state index contributed by atoms with van der Waals surface area (Å²) in [6.07, 6.45) is 1.25. The van der Waals surface area contributed by atoms with Gasteiger partial charge in [-0.3, -0.25) is 0 Å². The summed E-state index contributed by atoms with van der Waals surface area (Å²) < 4.78 is 0. The van der Waals surface area contributed by atoms with Crippen LogP contribution < -0.4 is 4.90 Å². The van der Waals surface area contributed by atoms with Crippen LogP contribution in [0.25, 0.3) is 0 Å². The van der Waals surface area contributed by atoms with Crippen molar-refractivity contribution in [2.75, 3.05) is 11.4 Å². The molecule has 0 bridgehead atoms. The van der Waals surface area contributed by atoms with Crippen molar-refractivity contribution in [3.05, 3.63) is 30.3 Å². The number of anilines is 1.